The predicted molar refractivity (Wildman–Crippen MR) is 112 cm³/mol. The number of ether oxygens (including phenoxy) is 2. The lowest BCUT2D eigenvalue weighted by molar-refractivity contribution is -0.118. The van der Waals surface area contributed by atoms with E-state index in [4.69, 9.17) is 9.47 Å². The van der Waals surface area contributed by atoms with E-state index >= 15 is 0 Å². The summed E-state index contributed by atoms with van der Waals surface area (Å²) in [5, 5.41) is 7.14. The fourth-order valence-corrected chi connectivity index (χ4v) is 4.83. The van der Waals surface area contributed by atoms with Gasteiger partial charge in [-0.15, -0.1) is 0 Å². The van der Waals surface area contributed by atoms with Crippen LogP contribution in [0.3, 0.4) is 0 Å². The van der Waals surface area contributed by atoms with Crippen LogP contribution in [-0.2, 0) is 4.79 Å². The van der Waals surface area contributed by atoms with E-state index in [1.54, 1.807) is 0 Å². The van der Waals surface area contributed by atoms with Gasteiger partial charge in [0.05, 0.1) is 17.4 Å². The van der Waals surface area contributed by atoms with Crippen LogP contribution in [-0.4, -0.2) is 12.6 Å². The number of halogens is 1. The molecule has 2 aromatic carbocycles. The molecule has 0 saturated carbocycles. The Hall–Kier alpha value is -2.47. The Morgan fingerprint density at radius 1 is 1.07 bits per heavy atom. The van der Waals surface area contributed by atoms with Gasteiger partial charge in [0.1, 0.15) is 0 Å². The number of fused-ring (bicyclic) bond motifs is 2. The van der Waals surface area contributed by atoms with Crippen LogP contribution in [0.15, 0.2) is 52.1 Å². The van der Waals surface area contributed by atoms with Crippen molar-refractivity contribution in [3.8, 4) is 11.5 Å². The topological polar surface area (TPSA) is 59.6 Å². The highest BCUT2D eigenvalue weighted by molar-refractivity contribution is 9.10. The molecule has 0 saturated heterocycles. The molecule has 0 bridgehead atoms. The number of carbonyl (C=O) groups excluding carboxylic acids is 1. The molecule has 2 aliphatic heterocycles. The Balaban J connectivity index is 1.70. The minimum Gasteiger partial charge on any atom is -0.454 e. The fourth-order valence-electron chi connectivity index (χ4n) is 4.28. The maximum Gasteiger partial charge on any atom is 0.231 e. The van der Waals surface area contributed by atoms with Crippen molar-refractivity contribution >= 4 is 33.1 Å². The number of Topliss-reactive ketones (excluding diaryl/α,β-unsaturated/α-hetero) is 1. The molecule has 1 aliphatic carbocycles. The Labute approximate surface area is 172 Å². The van der Waals surface area contributed by atoms with Gasteiger partial charge in [-0.05, 0) is 41.7 Å². The van der Waals surface area contributed by atoms with E-state index in [1.807, 2.05) is 36.4 Å². The van der Waals surface area contributed by atoms with Crippen molar-refractivity contribution in [1.29, 1.82) is 0 Å². The molecule has 6 heteroatoms. The van der Waals surface area contributed by atoms with Gasteiger partial charge in [0, 0.05) is 22.2 Å². The lowest BCUT2D eigenvalue weighted by Gasteiger charge is -2.34. The second kappa shape index (κ2) is 6.27. The molecular weight excluding hydrogens is 420 g/mol. The molecule has 144 valence electrons. The number of rotatable bonds is 1. The minimum absolute atomic E-state index is 0.0706. The van der Waals surface area contributed by atoms with Gasteiger partial charge in [0.2, 0.25) is 6.79 Å². The van der Waals surface area contributed by atoms with Crippen molar-refractivity contribution in [2.45, 2.75) is 32.7 Å². The summed E-state index contributed by atoms with van der Waals surface area (Å²) in [7, 11) is 0. The zero-order valence-electron chi connectivity index (χ0n) is 15.8. The normalized spacial score (nSPS) is 22.0. The summed E-state index contributed by atoms with van der Waals surface area (Å²) >= 11 is 3.68. The van der Waals surface area contributed by atoms with E-state index < -0.39 is 0 Å². The predicted octanol–water partition coefficient (Wildman–Crippen LogP) is 5.40. The van der Waals surface area contributed by atoms with E-state index in [-0.39, 0.29) is 24.0 Å². The third kappa shape index (κ3) is 2.87. The number of nitrogens with one attached hydrogen (secondary N) is 2. The zero-order chi connectivity index (χ0) is 19.5. The molecule has 1 atom stereocenters. The van der Waals surface area contributed by atoms with E-state index in [9.17, 15) is 4.79 Å². The third-order valence-corrected chi connectivity index (χ3v) is 6.21. The smallest absolute Gasteiger partial charge is 0.231 e. The molecule has 28 heavy (non-hydrogen) atoms. The Morgan fingerprint density at radius 2 is 1.79 bits per heavy atom. The zero-order valence-corrected chi connectivity index (χ0v) is 17.4. The summed E-state index contributed by atoms with van der Waals surface area (Å²) in [6.45, 7) is 4.51. The number of allylic oxidation sites excluding steroid dienone is 1. The molecular formula is C22H21BrN2O3. The van der Waals surface area contributed by atoms with Crippen molar-refractivity contribution in [1.82, 2.24) is 0 Å². The third-order valence-electron chi connectivity index (χ3n) is 5.52. The van der Waals surface area contributed by atoms with Crippen LogP contribution < -0.4 is 20.1 Å². The molecule has 2 N–H and O–H groups in total. The summed E-state index contributed by atoms with van der Waals surface area (Å²) < 4.78 is 12.0. The van der Waals surface area contributed by atoms with Crippen LogP contribution in [0, 0.1) is 5.41 Å². The standard InChI is InChI=1S/C22H21BrN2O3/c1-22(2)9-16-20(17(26)10-22)21(25-15-6-4-3-5-14(15)24-16)12-7-18-19(8-13(12)23)28-11-27-18/h3-8,21,24-25H,9-11H2,1-2H3. The van der Waals surface area contributed by atoms with E-state index in [1.165, 1.54) is 0 Å². The number of ketones is 1. The lowest BCUT2D eigenvalue weighted by atomic mass is 9.73. The summed E-state index contributed by atoms with van der Waals surface area (Å²) in [6.07, 6.45) is 1.35. The second-order valence-corrected chi connectivity index (χ2v) is 9.16. The highest BCUT2D eigenvalue weighted by Gasteiger charge is 2.39. The van der Waals surface area contributed by atoms with Crippen LogP contribution >= 0.6 is 15.9 Å². The molecule has 5 rings (SSSR count). The van der Waals surface area contributed by atoms with Crippen LogP contribution in [0.5, 0.6) is 11.5 Å². The van der Waals surface area contributed by atoms with E-state index in [0.29, 0.717) is 17.9 Å². The average Bonchev–Trinajstić information content (AvgIpc) is 3.00. The first-order chi connectivity index (χ1) is 13.4. The average molecular weight is 441 g/mol. The van der Waals surface area contributed by atoms with Gasteiger partial charge in [0.15, 0.2) is 17.3 Å². The summed E-state index contributed by atoms with van der Waals surface area (Å²) in [5.41, 5.74) is 4.64. The molecule has 3 aliphatic rings. The Kier molecular flexibility index (Phi) is 3.95. The van der Waals surface area contributed by atoms with Crippen molar-refractivity contribution in [2.75, 3.05) is 17.4 Å². The van der Waals surface area contributed by atoms with Crippen molar-refractivity contribution in [3.05, 3.63) is 57.7 Å². The largest absolute Gasteiger partial charge is 0.454 e. The van der Waals surface area contributed by atoms with E-state index in [2.05, 4.69) is 40.4 Å². The van der Waals surface area contributed by atoms with Gasteiger partial charge in [-0.1, -0.05) is 41.9 Å². The number of benzene rings is 2. The SMILES string of the molecule is CC1(C)CC(=O)C2=C(C1)Nc1ccccc1NC2c1cc2c(cc1Br)OCO2. The molecule has 5 nitrogen and oxygen atoms in total. The van der Waals surface area contributed by atoms with Gasteiger partial charge >= 0.3 is 0 Å². The Bertz CT molecular complexity index is 1030. The minimum atomic E-state index is -0.279. The first-order valence-electron chi connectivity index (χ1n) is 9.39. The maximum atomic E-state index is 13.3. The molecule has 0 amide bonds. The number of carbonyl (C=O) groups is 1. The number of anilines is 2. The molecule has 2 heterocycles. The monoisotopic (exact) mass is 440 g/mol. The molecule has 1 unspecified atom stereocenters. The molecule has 2 aromatic rings. The number of hydrogen-bond acceptors (Lipinski definition) is 5. The maximum absolute atomic E-state index is 13.3. The highest BCUT2D eigenvalue weighted by Crippen LogP contribution is 2.48. The second-order valence-electron chi connectivity index (χ2n) is 8.31. The van der Waals surface area contributed by atoms with Crippen molar-refractivity contribution in [3.63, 3.8) is 0 Å². The quantitative estimate of drug-likeness (QED) is 0.621. The summed E-state index contributed by atoms with van der Waals surface area (Å²) in [5.74, 6) is 1.60. The van der Waals surface area contributed by atoms with Gasteiger partial charge in [-0.25, -0.2) is 0 Å². The fraction of sp³-hybridized carbons (Fsp3) is 0.318. The molecule has 0 radical (unpaired) electrons. The summed E-state index contributed by atoms with van der Waals surface area (Å²) in [4.78, 5) is 13.3. The van der Waals surface area contributed by atoms with Crippen molar-refractivity contribution < 1.29 is 14.3 Å². The highest BCUT2D eigenvalue weighted by atomic mass is 79.9. The molecule has 0 aromatic heterocycles. The lowest BCUT2D eigenvalue weighted by Crippen LogP contribution is -2.31. The first kappa shape index (κ1) is 17.6. The Morgan fingerprint density at radius 3 is 2.57 bits per heavy atom. The van der Waals surface area contributed by atoms with Crippen LogP contribution in [0.2, 0.25) is 0 Å². The van der Waals surface area contributed by atoms with Crippen LogP contribution in [0.4, 0.5) is 11.4 Å². The van der Waals surface area contributed by atoms with Gasteiger partial charge < -0.3 is 20.1 Å². The number of hydrogen-bond donors (Lipinski definition) is 2. The molecule has 0 fully saturated rings. The van der Waals surface area contributed by atoms with Crippen LogP contribution in [0.1, 0.15) is 38.3 Å². The van der Waals surface area contributed by atoms with E-state index in [0.717, 1.165) is 39.1 Å². The molecule has 0 spiro atoms. The van der Waals surface area contributed by atoms with Gasteiger partial charge in [-0.3, -0.25) is 4.79 Å². The number of para-hydroxylation sites is 2. The summed E-state index contributed by atoms with van der Waals surface area (Å²) in [6, 6.07) is 11.7. The van der Waals surface area contributed by atoms with Crippen molar-refractivity contribution in [2.24, 2.45) is 5.41 Å². The van der Waals surface area contributed by atoms with Gasteiger partial charge in [-0.2, -0.15) is 0 Å². The van der Waals surface area contributed by atoms with Gasteiger partial charge in [0.25, 0.3) is 0 Å². The van der Waals surface area contributed by atoms with Crippen LogP contribution in [0.25, 0.3) is 0 Å². The first-order valence-corrected chi connectivity index (χ1v) is 10.2.